The summed E-state index contributed by atoms with van der Waals surface area (Å²) < 4.78 is 194. The second kappa shape index (κ2) is 10.1. The quantitative estimate of drug-likeness (QED) is 0.190. The van der Waals surface area contributed by atoms with Crippen molar-refractivity contribution in [2.75, 3.05) is 39.5 Å². The second-order valence-corrected chi connectivity index (χ2v) is 9.95. The van der Waals surface area contributed by atoms with E-state index in [1.807, 2.05) is 0 Å². The summed E-state index contributed by atoms with van der Waals surface area (Å²) >= 11 is 0. The largest absolute Gasteiger partial charge is 0.477 e. The van der Waals surface area contributed by atoms with E-state index in [1.54, 1.807) is 4.72 Å². The molecule has 0 unspecified atom stereocenters. The van der Waals surface area contributed by atoms with Crippen molar-refractivity contribution in [1.82, 2.24) is 4.72 Å². The van der Waals surface area contributed by atoms with Crippen molar-refractivity contribution in [3.05, 3.63) is 0 Å². The molecule has 0 rings (SSSR count). The standard InChI is InChI=1S/C15H19F13N2O4S/c1-30(2,8-9(31)32)6-3-5-29-35(33,34)7-4-10(16,17)11(18,19)12(20,21)13(22,23)14(24,25)15(26,27)28/h29H,3-8H2,1-2H3/p+1. The highest BCUT2D eigenvalue weighted by Crippen LogP contribution is 2.60. The number of quaternary nitrogens is 1. The number of aliphatic carboxylic acids is 1. The van der Waals surface area contributed by atoms with E-state index in [0.29, 0.717) is 0 Å². The Labute approximate surface area is 189 Å². The summed E-state index contributed by atoms with van der Waals surface area (Å²) in [7, 11) is -2.18. The van der Waals surface area contributed by atoms with Crippen molar-refractivity contribution in [3.63, 3.8) is 0 Å². The van der Waals surface area contributed by atoms with Crippen LogP contribution < -0.4 is 4.72 Å². The van der Waals surface area contributed by atoms with Crippen LogP contribution in [0.5, 0.6) is 0 Å². The molecule has 210 valence electrons. The molecular formula is C15H20F13N2O4S+. The molecule has 6 nitrogen and oxygen atoms in total. The summed E-state index contributed by atoms with van der Waals surface area (Å²) in [6, 6.07) is 0. The molecule has 0 aromatic heterocycles. The fraction of sp³-hybridized carbons (Fsp3) is 0.933. The van der Waals surface area contributed by atoms with Crippen LogP contribution in [0, 0.1) is 0 Å². The van der Waals surface area contributed by atoms with E-state index in [0.717, 1.165) is 0 Å². The Bertz CT molecular complexity index is 857. The number of halogens is 13. The molecule has 0 aliphatic heterocycles. The molecule has 0 fully saturated rings. The van der Waals surface area contributed by atoms with Gasteiger partial charge in [0.05, 0.1) is 26.4 Å². The predicted octanol–water partition coefficient (Wildman–Crippen LogP) is 3.59. The number of rotatable bonds is 14. The van der Waals surface area contributed by atoms with Gasteiger partial charge >= 0.3 is 41.8 Å². The van der Waals surface area contributed by atoms with E-state index >= 15 is 0 Å². The van der Waals surface area contributed by atoms with E-state index in [-0.39, 0.29) is 17.4 Å². The molecule has 0 aromatic carbocycles. The van der Waals surface area contributed by atoms with Gasteiger partial charge in [-0.2, -0.15) is 57.1 Å². The number of carboxylic acids is 1. The Morgan fingerprint density at radius 3 is 1.63 bits per heavy atom. The van der Waals surface area contributed by atoms with E-state index in [9.17, 15) is 70.3 Å². The molecule has 0 aliphatic carbocycles. The highest BCUT2D eigenvalue weighted by molar-refractivity contribution is 7.89. The average molecular weight is 571 g/mol. The van der Waals surface area contributed by atoms with Gasteiger partial charge in [0.1, 0.15) is 0 Å². The first kappa shape index (κ1) is 33.4. The van der Waals surface area contributed by atoms with Gasteiger partial charge in [0.25, 0.3) is 0 Å². The van der Waals surface area contributed by atoms with Gasteiger partial charge in [-0.15, -0.1) is 0 Å². The molecule has 0 amide bonds. The summed E-state index contributed by atoms with van der Waals surface area (Å²) in [6.45, 7) is -1.03. The predicted molar refractivity (Wildman–Crippen MR) is 91.3 cm³/mol. The lowest BCUT2D eigenvalue weighted by Gasteiger charge is -2.39. The van der Waals surface area contributed by atoms with Crippen LogP contribution in [-0.2, 0) is 14.8 Å². The number of nitrogens with zero attached hydrogens (tertiary/aromatic N) is 1. The lowest BCUT2D eigenvalue weighted by molar-refractivity contribution is -0.883. The van der Waals surface area contributed by atoms with Crippen LogP contribution in [-0.4, -0.2) is 99.2 Å². The minimum atomic E-state index is -8.05. The maximum absolute atomic E-state index is 13.7. The summed E-state index contributed by atoms with van der Waals surface area (Å²) in [5.41, 5.74) is 0. The first-order chi connectivity index (χ1) is 15.1. The molecule has 0 saturated heterocycles. The molecule has 2 N–H and O–H groups in total. The van der Waals surface area contributed by atoms with Crippen molar-refractivity contribution in [2.24, 2.45) is 0 Å². The molecule has 35 heavy (non-hydrogen) atoms. The van der Waals surface area contributed by atoms with Gasteiger partial charge in [0, 0.05) is 19.4 Å². The zero-order valence-electron chi connectivity index (χ0n) is 17.7. The normalized spacial score (nSPS) is 15.4. The van der Waals surface area contributed by atoms with Gasteiger partial charge in [0.2, 0.25) is 10.0 Å². The molecule has 20 heteroatoms. The summed E-state index contributed by atoms with van der Waals surface area (Å²) in [6.07, 6.45) is -10.5. The third-order valence-electron chi connectivity index (χ3n) is 4.51. The van der Waals surface area contributed by atoms with Crippen LogP contribution in [0.25, 0.3) is 0 Å². The van der Waals surface area contributed by atoms with Crippen LogP contribution in [0.3, 0.4) is 0 Å². The number of carbonyl (C=O) groups is 1. The van der Waals surface area contributed by atoms with Gasteiger partial charge in [0.15, 0.2) is 6.54 Å². The Morgan fingerprint density at radius 1 is 0.800 bits per heavy atom. The highest BCUT2D eigenvalue weighted by atomic mass is 32.2. The zero-order chi connectivity index (χ0) is 28.5. The molecule has 0 bridgehead atoms. The molecule has 0 radical (unpaired) electrons. The van der Waals surface area contributed by atoms with E-state index in [2.05, 4.69) is 0 Å². The lowest BCUT2D eigenvalue weighted by Crippen LogP contribution is -2.70. The van der Waals surface area contributed by atoms with E-state index in [1.165, 1.54) is 14.1 Å². The van der Waals surface area contributed by atoms with Gasteiger partial charge in [-0.1, -0.05) is 0 Å². The Kier molecular flexibility index (Phi) is 9.61. The number of likely N-dealkylation sites (N-methyl/N-ethyl adjacent to an activating group) is 1. The third kappa shape index (κ3) is 7.23. The SMILES string of the molecule is C[N+](C)(CCCNS(=O)(=O)CCC(F)(F)C(F)(F)C(F)(F)C(F)(F)C(F)(F)C(F)(F)F)CC(=O)O. The van der Waals surface area contributed by atoms with Crippen molar-refractivity contribution < 1.29 is 79.9 Å². The minimum absolute atomic E-state index is 0.0161. The Balaban J connectivity index is 5.46. The Morgan fingerprint density at radius 2 is 1.23 bits per heavy atom. The monoisotopic (exact) mass is 571 g/mol. The van der Waals surface area contributed by atoms with Crippen molar-refractivity contribution in [3.8, 4) is 0 Å². The van der Waals surface area contributed by atoms with Gasteiger partial charge in [-0.25, -0.2) is 17.9 Å². The number of nitrogens with one attached hydrogen (secondary N) is 1. The maximum atomic E-state index is 13.7. The van der Waals surface area contributed by atoms with Gasteiger partial charge in [-0.05, 0) is 0 Å². The molecular weight excluding hydrogens is 551 g/mol. The van der Waals surface area contributed by atoms with Crippen LogP contribution in [0.1, 0.15) is 12.8 Å². The molecule has 0 saturated carbocycles. The lowest BCUT2D eigenvalue weighted by atomic mass is 9.93. The summed E-state index contributed by atoms with van der Waals surface area (Å²) in [4.78, 5) is 10.6. The topological polar surface area (TPSA) is 83.5 Å². The number of alkyl halides is 13. The summed E-state index contributed by atoms with van der Waals surface area (Å²) in [5.74, 6) is -41.3. The molecule has 0 heterocycles. The molecule has 0 aromatic rings. The van der Waals surface area contributed by atoms with Crippen LogP contribution in [0.2, 0.25) is 0 Å². The highest BCUT2D eigenvalue weighted by Gasteiger charge is 2.90. The van der Waals surface area contributed by atoms with Crippen LogP contribution in [0.4, 0.5) is 57.1 Å². The van der Waals surface area contributed by atoms with E-state index < -0.39 is 77.0 Å². The number of hydrogen-bond donors (Lipinski definition) is 2. The van der Waals surface area contributed by atoms with Crippen molar-refractivity contribution >= 4 is 16.0 Å². The van der Waals surface area contributed by atoms with Gasteiger partial charge in [-0.3, -0.25) is 0 Å². The fourth-order valence-corrected chi connectivity index (χ4v) is 3.60. The minimum Gasteiger partial charge on any atom is -0.477 e. The Hall–Kier alpha value is -1.57. The van der Waals surface area contributed by atoms with Crippen LogP contribution >= 0.6 is 0 Å². The molecule has 0 aliphatic rings. The van der Waals surface area contributed by atoms with Gasteiger partial charge < -0.3 is 9.59 Å². The number of carboxylic acid groups (broad SMARTS) is 1. The van der Waals surface area contributed by atoms with Crippen molar-refractivity contribution in [1.29, 1.82) is 0 Å². The fourth-order valence-electron chi connectivity index (χ4n) is 2.47. The third-order valence-corrected chi connectivity index (χ3v) is 5.89. The molecule has 0 spiro atoms. The van der Waals surface area contributed by atoms with Crippen molar-refractivity contribution in [2.45, 2.75) is 48.6 Å². The maximum Gasteiger partial charge on any atom is 0.460 e. The summed E-state index contributed by atoms with van der Waals surface area (Å²) in [5, 5.41) is 8.68. The van der Waals surface area contributed by atoms with E-state index in [4.69, 9.17) is 5.11 Å². The first-order valence-corrected chi connectivity index (χ1v) is 10.7. The molecule has 0 atom stereocenters. The second-order valence-electron chi connectivity index (χ2n) is 8.03. The zero-order valence-corrected chi connectivity index (χ0v) is 18.5. The average Bonchev–Trinajstić information content (AvgIpc) is 2.61. The number of sulfonamides is 1. The smallest absolute Gasteiger partial charge is 0.460 e. The van der Waals surface area contributed by atoms with Crippen LogP contribution in [0.15, 0.2) is 0 Å². The first-order valence-electron chi connectivity index (χ1n) is 9.05. The number of hydrogen-bond acceptors (Lipinski definition) is 3.